The van der Waals surface area contributed by atoms with Crippen LogP contribution in [-0.2, 0) is 57.8 Å². The van der Waals surface area contributed by atoms with E-state index in [1.54, 1.807) is 20.8 Å². The van der Waals surface area contributed by atoms with Gasteiger partial charge in [0, 0.05) is 6.42 Å². The molecule has 1 saturated heterocycles. The number of carbonyl (C=O) groups excluding carboxylic acids is 2. The molecule has 0 bridgehead atoms. The fraction of sp³-hybridized carbons (Fsp3) is 0.545. The standard InChI is InChI=1S/C44H61NO10/c1-30(2)37(42(49)55-43(3,4)5)45-36(47)25-17-24-34(46)38(48)40(51-27-32-20-13-9-14-21-32)41(52-28-33-22-15-10-16-23-33)39(35-29-53-44(6,7)54-35)50-26-31-18-11-8-12-19-31/h8-16,18-23,30,34-35,37-41,46,48H,17,24-29H2,1-7H3,(H,45,47)/t34-,35+,37-,38-,39-,40-,41-/m0/s1. The lowest BCUT2D eigenvalue weighted by atomic mass is 9.93. The van der Waals surface area contributed by atoms with Crippen molar-refractivity contribution in [3.63, 3.8) is 0 Å². The van der Waals surface area contributed by atoms with E-state index in [0.717, 1.165) is 16.7 Å². The van der Waals surface area contributed by atoms with Crippen LogP contribution in [0.15, 0.2) is 91.0 Å². The van der Waals surface area contributed by atoms with E-state index in [1.807, 2.05) is 119 Å². The third kappa shape index (κ3) is 14.7. The van der Waals surface area contributed by atoms with Crippen molar-refractivity contribution in [3.8, 4) is 0 Å². The molecule has 7 atom stereocenters. The van der Waals surface area contributed by atoms with E-state index < -0.39 is 60.0 Å². The monoisotopic (exact) mass is 763 g/mol. The molecule has 11 heteroatoms. The minimum Gasteiger partial charge on any atom is -0.458 e. The Morgan fingerprint density at radius 2 is 1.29 bits per heavy atom. The van der Waals surface area contributed by atoms with Crippen LogP contribution in [0.4, 0.5) is 0 Å². The van der Waals surface area contributed by atoms with Crippen molar-refractivity contribution in [1.82, 2.24) is 5.32 Å². The first-order valence-corrected chi connectivity index (χ1v) is 19.3. The lowest BCUT2D eigenvalue weighted by molar-refractivity contribution is -0.222. The van der Waals surface area contributed by atoms with Crippen LogP contribution < -0.4 is 5.32 Å². The van der Waals surface area contributed by atoms with Crippen LogP contribution in [0.5, 0.6) is 0 Å². The Morgan fingerprint density at radius 3 is 1.75 bits per heavy atom. The zero-order chi connectivity index (χ0) is 40.0. The first kappa shape index (κ1) is 44.0. The molecule has 1 aliphatic rings. The predicted octanol–water partition coefficient (Wildman–Crippen LogP) is 6.27. The van der Waals surface area contributed by atoms with Crippen molar-refractivity contribution >= 4 is 11.9 Å². The fourth-order valence-electron chi connectivity index (χ4n) is 6.33. The molecule has 4 rings (SSSR count). The second-order valence-electron chi connectivity index (χ2n) is 15.9. The molecule has 0 aliphatic carbocycles. The van der Waals surface area contributed by atoms with Crippen molar-refractivity contribution in [3.05, 3.63) is 108 Å². The second-order valence-corrected chi connectivity index (χ2v) is 15.9. The highest BCUT2D eigenvalue weighted by Gasteiger charge is 2.47. The third-order valence-electron chi connectivity index (χ3n) is 9.18. The molecule has 55 heavy (non-hydrogen) atoms. The van der Waals surface area contributed by atoms with Crippen LogP contribution in [0.25, 0.3) is 0 Å². The molecule has 1 aliphatic heterocycles. The Hall–Kier alpha value is -3.68. The fourth-order valence-corrected chi connectivity index (χ4v) is 6.33. The van der Waals surface area contributed by atoms with Gasteiger partial charge >= 0.3 is 5.97 Å². The van der Waals surface area contributed by atoms with Gasteiger partial charge in [0.2, 0.25) is 5.91 Å². The highest BCUT2D eigenvalue weighted by Crippen LogP contribution is 2.32. The highest BCUT2D eigenvalue weighted by molar-refractivity contribution is 5.84. The maximum atomic E-state index is 13.0. The molecule has 0 radical (unpaired) electrons. The van der Waals surface area contributed by atoms with Gasteiger partial charge in [0.25, 0.3) is 0 Å². The Labute approximate surface area is 326 Å². The number of hydrogen-bond acceptors (Lipinski definition) is 10. The van der Waals surface area contributed by atoms with Gasteiger partial charge in [-0.25, -0.2) is 4.79 Å². The van der Waals surface area contributed by atoms with Gasteiger partial charge in [-0.15, -0.1) is 0 Å². The summed E-state index contributed by atoms with van der Waals surface area (Å²) in [5.41, 5.74) is 1.99. The normalized spacial score (nSPS) is 18.9. The summed E-state index contributed by atoms with van der Waals surface area (Å²) in [7, 11) is 0. The van der Waals surface area contributed by atoms with Crippen LogP contribution in [0.3, 0.4) is 0 Å². The molecular formula is C44H61NO10. The van der Waals surface area contributed by atoms with Gasteiger partial charge in [-0.2, -0.15) is 0 Å². The molecule has 11 nitrogen and oxygen atoms in total. The smallest absolute Gasteiger partial charge is 0.329 e. The second kappa shape index (κ2) is 21.0. The largest absolute Gasteiger partial charge is 0.458 e. The number of benzene rings is 3. The number of aliphatic hydroxyl groups is 2. The maximum absolute atomic E-state index is 13.0. The molecule has 0 aromatic heterocycles. The number of rotatable bonds is 21. The van der Waals surface area contributed by atoms with Gasteiger partial charge in [-0.3, -0.25) is 4.79 Å². The van der Waals surface area contributed by atoms with E-state index >= 15 is 0 Å². The number of nitrogens with one attached hydrogen (secondary N) is 1. The van der Waals surface area contributed by atoms with E-state index in [-0.39, 0.29) is 57.5 Å². The van der Waals surface area contributed by atoms with Crippen LogP contribution >= 0.6 is 0 Å². The Balaban J connectivity index is 1.58. The van der Waals surface area contributed by atoms with E-state index in [1.165, 1.54) is 0 Å². The zero-order valence-electron chi connectivity index (χ0n) is 33.4. The van der Waals surface area contributed by atoms with Crippen LogP contribution in [0.2, 0.25) is 0 Å². The highest BCUT2D eigenvalue weighted by atomic mass is 16.8. The number of ether oxygens (including phenoxy) is 6. The van der Waals surface area contributed by atoms with E-state index in [0.29, 0.717) is 0 Å². The molecule has 1 heterocycles. The Bertz CT molecular complexity index is 1560. The molecule has 3 aromatic rings. The number of hydrogen-bond donors (Lipinski definition) is 3. The SMILES string of the molecule is CC(C)[C@H](NC(=O)CCC[C@H](O)[C@H](O)[C@H](OCc1ccccc1)[C@@H](OCc1ccccc1)[C@@H](OCc1ccccc1)[C@H]1COC(C)(C)O1)C(=O)OC(C)(C)C. The summed E-state index contributed by atoms with van der Waals surface area (Å²) in [6.07, 6.45) is -5.94. The van der Waals surface area contributed by atoms with Gasteiger partial charge in [0.15, 0.2) is 5.79 Å². The molecule has 3 N–H and O–H groups in total. The van der Waals surface area contributed by atoms with Crippen molar-refractivity contribution in [2.24, 2.45) is 5.92 Å². The van der Waals surface area contributed by atoms with Crippen molar-refractivity contribution in [2.45, 2.75) is 142 Å². The van der Waals surface area contributed by atoms with E-state index in [9.17, 15) is 19.8 Å². The summed E-state index contributed by atoms with van der Waals surface area (Å²) in [5.74, 6) is -1.95. The van der Waals surface area contributed by atoms with Gasteiger partial charge in [-0.05, 0) is 70.1 Å². The summed E-state index contributed by atoms with van der Waals surface area (Å²) in [4.78, 5) is 25.8. The minimum atomic E-state index is -1.46. The van der Waals surface area contributed by atoms with Gasteiger partial charge in [0.1, 0.15) is 42.2 Å². The van der Waals surface area contributed by atoms with Gasteiger partial charge in [0.05, 0.1) is 32.5 Å². The van der Waals surface area contributed by atoms with Crippen molar-refractivity contribution in [1.29, 1.82) is 0 Å². The third-order valence-corrected chi connectivity index (χ3v) is 9.18. The summed E-state index contributed by atoms with van der Waals surface area (Å²) in [6, 6.07) is 28.1. The molecule has 0 spiro atoms. The number of esters is 1. The number of amides is 1. The lowest BCUT2D eigenvalue weighted by Crippen LogP contribution is -2.56. The van der Waals surface area contributed by atoms with E-state index in [2.05, 4.69) is 5.32 Å². The van der Waals surface area contributed by atoms with Gasteiger partial charge < -0.3 is 44.0 Å². The molecule has 302 valence electrons. The lowest BCUT2D eigenvalue weighted by Gasteiger charge is -2.39. The maximum Gasteiger partial charge on any atom is 0.329 e. The van der Waals surface area contributed by atoms with Gasteiger partial charge in [-0.1, -0.05) is 105 Å². The van der Waals surface area contributed by atoms with Crippen LogP contribution in [0.1, 0.15) is 84.4 Å². The summed E-state index contributed by atoms with van der Waals surface area (Å²) >= 11 is 0. The molecule has 0 unspecified atom stereocenters. The molecular weight excluding hydrogens is 702 g/mol. The average molecular weight is 764 g/mol. The predicted molar refractivity (Wildman–Crippen MR) is 208 cm³/mol. The van der Waals surface area contributed by atoms with Crippen molar-refractivity contribution < 1.29 is 48.2 Å². The Kier molecular flexibility index (Phi) is 16.8. The first-order chi connectivity index (χ1) is 26.1. The van der Waals surface area contributed by atoms with Crippen molar-refractivity contribution in [2.75, 3.05) is 6.61 Å². The molecule has 1 amide bonds. The average Bonchev–Trinajstić information content (AvgIpc) is 3.51. The molecule has 3 aromatic carbocycles. The van der Waals surface area contributed by atoms with E-state index in [4.69, 9.17) is 28.4 Å². The number of carbonyl (C=O) groups is 2. The molecule has 0 saturated carbocycles. The minimum absolute atomic E-state index is 0.0183. The summed E-state index contributed by atoms with van der Waals surface area (Å²) < 4.78 is 37.7. The topological polar surface area (TPSA) is 142 Å². The quantitative estimate of drug-likeness (QED) is 0.106. The summed E-state index contributed by atoms with van der Waals surface area (Å²) in [5, 5.41) is 26.4. The molecule has 1 fully saturated rings. The number of aliphatic hydroxyl groups excluding tert-OH is 2. The summed E-state index contributed by atoms with van der Waals surface area (Å²) in [6.45, 7) is 13.4. The van der Waals surface area contributed by atoms with Crippen LogP contribution in [-0.4, -0.2) is 82.8 Å². The zero-order valence-corrected chi connectivity index (χ0v) is 33.4. The first-order valence-electron chi connectivity index (χ1n) is 19.3. The Morgan fingerprint density at radius 1 is 0.800 bits per heavy atom. The van der Waals surface area contributed by atoms with Crippen LogP contribution in [0, 0.1) is 5.92 Å².